The lowest BCUT2D eigenvalue weighted by atomic mass is 10.4. The van der Waals surface area contributed by atoms with Gasteiger partial charge >= 0.3 is 0 Å². The molecule has 1 aromatic rings. The Morgan fingerprint density at radius 3 is 2.73 bits per heavy atom. The van der Waals surface area contributed by atoms with Gasteiger partial charge in [0.1, 0.15) is 11.5 Å². The molecule has 2 N–H and O–H groups in total. The Balaban J connectivity index is 0.00000441. The Hall–Kier alpha value is -1.32. The molecular weight excluding hydrogens is 324 g/mol. The van der Waals surface area contributed by atoms with Crippen LogP contribution in [-0.2, 0) is 12.3 Å². The molecule has 0 aliphatic carbocycles. The van der Waals surface area contributed by atoms with Crippen molar-refractivity contribution in [1.82, 2.24) is 15.5 Å². The minimum Gasteiger partial charge on any atom is -0.464 e. The monoisotopic (exact) mass is 348 g/mol. The summed E-state index contributed by atoms with van der Waals surface area (Å²) in [5, 5.41) is 16.1. The van der Waals surface area contributed by atoms with Gasteiger partial charge in [0, 0.05) is 19.3 Å². The number of nitrogens with one attached hydrogen (secondary N) is 2. The third-order valence-corrected chi connectivity index (χ3v) is 3.48. The van der Waals surface area contributed by atoms with Crippen molar-refractivity contribution in [3.8, 4) is 0 Å². The van der Waals surface area contributed by atoms with Gasteiger partial charge in [-0.25, -0.2) is 0 Å². The normalized spacial score (nSPS) is 11.2. The van der Waals surface area contributed by atoms with Crippen molar-refractivity contribution in [3.63, 3.8) is 0 Å². The van der Waals surface area contributed by atoms with Crippen molar-refractivity contribution >= 4 is 25.3 Å². The Morgan fingerprint density at radius 2 is 2.14 bits per heavy atom. The van der Waals surface area contributed by atoms with Crippen LogP contribution in [0.3, 0.4) is 0 Å². The van der Waals surface area contributed by atoms with E-state index in [1.807, 2.05) is 26.2 Å². The molecular formula is C13H24N4O3S2. The van der Waals surface area contributed by atoms with Gasteiger partial charge in [0.2, 0.25) is 0 Å². The molecule has 0 spiro atoms. The van der Waals surface area contributed by atoms with E-state index in [9.17, 15) is 10.1 Å². The lowest BCUT2D eigenvalue weighted by molar-refractivity contribution is -0.404. The van der Waals surface area contributed by atoms with Gasteiger partial charge in [-0.2, -0.15) is 25.3 Å². The van der Waals surface area contributed by atoms with Gasteiger partial charge in [-0.3, -0.25) is 10.1 Å². The zero-order chi connectivity index (χ0) is 15.7. The van der Waals surface area contributed by atoms with Gasteiger partial charge < -0.3 is 20.0 Å². The van der Waals surface area contributed by atoms with E-state index >= 15 is 0 Å². The maximum absolute atomic E-state index is 10.3. The lowest BCUT2D eigenvalue weighted by Gasteiger charge is -2.07. The fourth-order valence-electron chi connectivity index (χ4n) is 1.63. The van der Waals surface area contributed by atoms with Crippen LogP contribution >= 0.6 is 25.3 Å². The van der Waals surface area contributed by atoms with E-state index < -0.39 is 4.92 Å². The zero-order valence-corrected chi connectivity index (χ0v) is 14.9. The maximum Gasteiger partial charge on any atom is 0.274 e. The molecule has 1 aromatic heterocycles. The summed E-state index contributed by atoms with van der Waals surface area (Å²) in [5.41, 5.74) is 0. The Bertz CT molecular complexity index is 478. The number of nitrogens with zero attached hydrogens (tertiary/aromatic N) is 2. The topological polar surface area (TPSA) is 83.6 Å². The molecule has 0 bridgehead atoms. The maximum atomic E-state index is 10.3. The molecule has 0 aliphatic rings. The predicted molar refractivity (Wildman–Crippen MR) is 94.8 cm³/mol. The average molecular weight is 348 g/mol. The van der Waals surface area contributed by atoms with Crippen LogP contribution in [0.1, 0.15) is 11.5 Å². The van der Waals surface area contributed by atoms with Gasteiger partial charge in [-0.1, -0.05) is 0 Å². The van der Waals surface area contributed by atoms with Crippen LogP contribution < -0.4 is 10.6 Å². The minimum atomic E-state index is -0.485. The van der Waals surface area contributed by atoms with E-state index in [0.717, 1.165) is 35.8 Å². The molecule has 22 heavy (non-hydrogen) atoms. The van der Waals surface area contributed by atoms with Crippen molar-refractivity contribution in [2.45, 2.75) is 12.3 Å². The standard InChI is InChI=1S/C13H22N4O3S.H2S/c1-14-13(9-17(18)19)15-6-7-21-10-12-5-4-11(20-12)8-16(2)3;/h4-5,9,14-15H,6-8,10H2,1-3H3;1H2/b13-9-;. The highest BCUT2D eigenvalue weighted by molar-refractivity contribution is 7.98. The first-order chi connectivity index (χ1) is 10.0. The number of hydrogen-bond donors (Lipinski definition) is 2. The third kappa shape index (κ3) is 8.85. The van der Waals surface area contributed by atoms with E-state index in [1.165, 1.54) is 0 Å². The summed E-state index contributed by atoms with van der Waals surface area (Å²) < 4.78 is 5.70. The highest BCUT2D eigenvalue weighted by atomic mass is 32.2. The second-order valence-electron chi connectivity index (χ2n) is 4.66. The summed E-state index contributed by atoms with van der Waals surface area (Å²) in [6, 6.07) is 3.98. The molecule has 1 rings (SSSR count). The molecule has 0 saturated heterocycles. The van der Waals surface area contributed by atoms with E-state index in [0.29, 0.717) is 12.4 Å². The first-order valence-electron chi connectivity index (χ1n) is 6.58. The predicted octanol–water partition coefficient (Wildman–Crippen LogP) is 1.57. The van der Waals surface area contributed by atoms with E-state index in [4.69, 9.17) is 4.42 Å². The van der Waals surface area contributed by atoms with E-state index in [2.05, 4.69) is 15.5 Å². The lowest BCUT2D eigenvalue weighted by Crippen LogP contribution is -2.26. The molecule has 0 unspecified atom stereocenters. The van der Waals surface area contributed by atoms with Crippen molar-refractivity contribution in [1.29, 1.82) is 0 Å². The number of rotatable bonds is 10. The van der Waals surface area contributed by atoms with E-state index in [-0.39, 0.29) is 13.5 Å². The van der Waals surface area contributed by atoms with Crippen molar-refractivity contribution < 1.29 is 9.34 Å². The van der Waals surface area contributed by atoms with Gasteiger partial charge in [0.05, 0.1) is 17.2 Å². The molecule has 0 saturated carbocycles. The highest BCUT2D eigenvalue weighted by Gasteiger charge is 2.04. The largest absolute Gasteiger partial charge is 0.464 e. The van der Waals surface area contributed by atoms with Crippen LogP contribution in [0.2, 0.25) is 0 Å². The van der Waals surface area contributed by atoms with Crippen molar-refractivity contribution in [2.24, 2.45) is 0 Å². The third-order valence-electron chi connectivity index (χ3n) is 2.50. The van der Waals surface area contributed by atoms with Crippen LogP contribution in [0.25, 0.3) is 0 Å². The molecule has 126 valence electrons. The molecule has 0 amide bonds. The van der Waals surface area contributed by atoms with Gasteiger partial charge in [-0.05, 0) is 26.2 Å². The second kappa shape index (κ2) is 11.3. The first-order valence-corrected chi connectivity index (χ1v) is 7.73. The smallest absolute Gasteiger partial charge is 0.274 e. The first kappa shape index (κ1) is 20.7. The number of hydrogen-bond acceptors (Lipinski definition) is 7. The summed E-state index contributed by atoms with van der Waals surface area (Å²) in [5.74, 6) is 3.95. The summed E-state index contributed by atoms with van der Waals surface area (Å²) in [6.45, 7) is 1.44. The Kier molecular flexibility index (Phi) is 10.6. The fourth-order valence-corrected chi connectivity index (χ4v) is 2.38. The summed E-state index contributed by atoms with van der Waals surface area (Å²) in [6.07, 6.45) is 0.921. The Labute approximate surface area is 142 Å². The van der Waals surface area contributed by atoms with Crippen molar-refractivity contribution in [3.05, 3.63) is 45.8 Å². The SMILES string of the molecule is CN/C(=C/[N+](=O)[O-])NCCSCc1ccc(CN(C)C)o1.S. The molecule has 9 heteroatoms. The van der Waals surface area contributed by atoms with Crippen LogP contribution in [0.15, 0.2) is 28.6 Å². The molecule has 7 nitrogen and oxygen atoms in total. The second-order valence-corrected chi connectivity index (χ2v) is 5.77. The van der Waals surface area contributed by atoms with E-state index in [1.54, 1.807) is 18.8 Å². The number of nitro groups is 1. The summed E-state index contributed by atoms with van der Waals surface area (Å²) in [4.78, 5) is 11.9. The molecule has 0 radical (unpaired) electrons. The molecule has 0 aromatic carbocycles. The zero-order valence-electron chi connectivity index (χ0n) is 13.1. The highest BCUT2D eigenvalue weighted by Crippen LogP contribution is 2.15. The average Bonchev–Trinajstić information content (AvgIpc) is 2.83. The minimum absolute atomic E-state index is 0. The molecule has 1 heterocycles. The van der Waals surface area contributed by atoms with Crippen LogP contribution in [0.5, 0.6) is 0 Å². The van der Waals surface area contributed by atoms with Gasteiger partial charge in [0.25, 0.3) is 6.20 Å². The van der Waals surface area contributed by atoms with Gasteiger partial charge in [0.15, 0.2) is 5.82 Å². The summed E-state index contributed by atoms with van der Waals surface area (Å²) in [7, 11) is 5.64. The van der Waals surface area contributed by atoms with Crippen LogP contribution in [-0.4, -0.2) is 43.3 Å². The molecule has 0 aliphatic heterocycles. The Morgan fingerprint density at radius 1 is 1.45 bits per heavy atom. The van der Waals surface area contributed by atoms with Crippen LogP contribution in [0.4, 0.5) is 0 Å². The quantitative estimate of drug-likeness (QED) is 0.377. The number of thioether (sulfide) groups is 1. The molecule has 0 atom stereocenters. The molecule has 0 fully saturated rings. The summed E-state index contributed by atoms with van der Waals surface area (Å²) >= 11 is 1.72. The number of furan rings is 1. The van der Waals surface area contributed by atoms with Gasteiger partial charge in [-0.15, -0.1) is 0 Å². The fraction of sp³-hybridized carbons (Fsp3) is 0.538. The van der Waals surface area contributed by atoms with Crippen molar-refractivity contribution in [2.75, 3.05) is 33.4 Å². The van der Waals surface area contributed by atoms with Crippen LogP contribution in [0, 0.1) is 10.1 Å².